The molecule has 20 heavy (non-hydrogen) atoms. The fourth-order valence-corrected chi connectivity index (χ4v) is 2.38. The van der Waals surface area contributed by atoms with E-state index in [1.165, 1.54) is 17.2 Å². The average Bonchev–Trinajstić information content (AvgIpc) is 2.41. The second kappa shape index (κ2) is 6.67. The quantitative estimate of drug-likeness (QED) is 0.875. The SMILES string of the molecule is Cc1ccc(CCC(N)Cc2ccc(F)cc2C)cc1. The van der Waals surface area contributed by atoms with E-state index in [0.29, 0.717) is 0 Å². The van der Waals surface area contributed by atoms with Gasteiger partial charge in [-0.25, -0.2) is 4.39 Å². The summed E-state index contributed by atoms with van der Waals surface area (Å²) >= 11 is 0. The summed E-state index contributed by atoms with van der Waals surface area (Å²) < 4.78 is 13.1. The Morgan fingerprint density at radius 2 is 1.75 bits per heavy atom. The van der Waals surface area contributed by atoms with Crippen molar-refractivity contribution in [2.24, 2.45) is 5.73 Å². The Morgan fingerprint density at radius 1 is 1.05 bits per heavy atom. The highest BCUT2D eigenvalue weighted by atomic mass is 19.1. The van der Waals surface area contributed by atoms with Crippen LogP contribution in [0.25, 0.3) is 0 Å². The molecule has 2 aromatic carbocycles. The van der Waals surface area contributed by atoms with Crippen LogP contribution in [0.15, 0.2) is 42.5 Å². The Hall–Kier alpha value is -1.67. The molecular formula is C18H22FN. The van der Waals surface area contributed by atoms with Gasteiger partial charge in [0.05, 0.1) is 0 Å². The molecule has 0 amide bonds. The topological polar surface area (TPSA) is 26.0 Å². The molecule has 2 rings (SSSR count). The van der Waals surface area contributed by atoms with Crippen molar-refractivity contribution in [3.8, 4) is 0 Å². The molecule has 1 nitrogen and oxygen atoms in total. The molecule has 0 fully saturated rings. The molecule has 106 valence electrons. The minimum absolute atomic E-state index is 0.112. The first-order valence-electron chi connectivity index (χ1n) is 7.11. The van der Waals surface area contributed by atoms with E-state index >= 15 is 0 Å². The van der Waals surface area contributed by atoms with E-state index in [2.05, 4.69) is 31.2 Å². The van der Waals surface area contributed by atoms with Crippen molar-refractivity contribution < 1.29 is 4.39 Å². The molecule has 0 radical (unpaired) electrons. The van der Waals surface area contributed by atoms with Crippen LogP contribution in [0, 0.1) is 19.7 Å². The minimum atomic E-state index is -0.181. The first-order valence-corrected chi connectivity index (χ1v) is 7.11. The number of nitrogens with two attached hydrogens (primary N) is 1. The predicted molar refractivity (Wildman–Crippen MR) is 82.3 cm³/mol. The van der Waals surface area contributed by atoms with Gasteiger partial charge in [-0.15, -0.1) is 0 Å². The zero-order valence-corrected chi connectivity index (χ0v) is 12.2. The lowest BCUT2D eigenvalue weighted by Crippen LogP contribution is -2.24. The first kappa shape index (κ1) is 14.7. The van der Waals surface area contributed by atoms with Crippen molar-refractivity contribution in [1.82, 2.24) is 0 Å². The Morgan fingerprint density at radius 3 is 2.40 bits per heavy atom. The second-order valence-corrected chi connectivity index (χ2v) is 5.56. The third-order valence-corrected chi connectivity index (χ3v) is 3.71. The van der Waals surface area contributed by atoms with Crippen molar-refractivity contribution in [2.75, 3.05) is 0 Å². The van der Waals surface area contributed by atoms with Gasteiger partial charge < -0.3 is 5.73 Å². The number of hydrogen-bond acceptors (Lipinski definition) is 1. The Bertz CT molecular complexity index is 560. The van der Waals surface area contributed by atoms with Crippen LogP contribution < -0.4 is 5.73 Å². The van der Waals surface area contributed by atoms with Crippen LogP contribution in [0.2, 0.25) is 0 Å². The Labute approximate surface area is 120 Å². The summed E-state index contributed by atoms with van der Waals surface area (Å²) in [5.41, 5.74) is 10.9. The summed E-state index contributed by atoms with van der Waals surface area (Å²) in [6.07, 6.45) is 2.74. The molecule has 2 heteroatoms. The molecule has 2 aromatic rings. The van der Waals surface area contributed by atoms with Crippen molar-refractivity contribution in [3.05, 3.63) is 70.5 Å². The highest BCUT2D eigenvalue weighted by molar-refractivity contribution is 5.27. The van der Waals surface area contributed by atoms with Crippen LogP contribution in [-0.2, 0) is 12.8 Å². The number of hydrogen-bond donors (Lipinski definition) is 1. The van der Waals surface area contributed by atoms with E-state index in [9.17, 15) is 4.39 Å². The third kappa shape index (κ3) is 4.17. The van der Waals surface area contributed by atoms with E-state index in [0.717, 1.165) is 30.4 Å². The largest absolute Gasteiger partial charge is 0.327 e. The number of benzene rings is 2. The van der Waals surface area contributed by atoms with Crippen molar-refractivity contribution in [1.29, 1.82) is 0 Å². The van der Waals surface area contributed by atoms with Crippen LogP contribution in [0.1, 0.15) is 28.7 Å². The van der Waals surface area contributed by atoms with Crippen LogP contribution >= 0.6 is 0 Å². The normalized spacial score (nSPS) is 12.4. The summed E-state index contributed by atoms with van der Waals surface area (Å²) in [5.74, 6) is -0.181. The Balaban J connectivity index is 1.89. The van der Waals surface area contributed by atoms with Gasteiger partial charge in [-0.1, -0.05) is 35.9 Å². The smallest absolute Gasteiger partial charge is 0.123 e. The average molecular weight is 271 g/mol. The van der Waals surface area contributed by atoms with Crippen molar-refractivity contribution in [3.63, 3.8) is 0 Å². The van der Waals surface area contributed by atoms with Crippen LogP contribution in [0.5, 0.6) is 0 Å². The second-order valence-electron chi connectivity index (χ2n) is 5.56. The first-order chi connectivity index (χ1) is 9.54. The molecule has 0 heterocycles. The molecule has 0 aliphatic carbocycles. The molecule has 0 spiro atoms. The van der Waals surface area contributed by atoms with Gasteiger partial charge >= 0.3 is 0 Å². The van der Waals surface area contributed by atoms with Crippen molar-refractivity contribution >= 4 is 0 Å². The monoisotopic (exact) mass is 271 g/mol. The minimum Gasteiger partial charge on any atom is -0.327 e. The van der Waals surface area contributed by atoms with Gasteiger partial charge in [0.25, 0.3) is 0 Å². The maximum absolute atomic E-state index is 13.1. The zero-order valence-electron chi connectivity index (χ0n) is 12.2. The molecule has 0 saturated carbocycles. The van der Waals surface area contributed by atoms with Gasteiger partial charge in [0.15, 0.2) is 0 Å². The maximum atomic E-state index is 13.1. The zero-order chi connectivity index (χ0) is 14.5. The van der Waals surface area contributed by atoms with E-state index in [1.54, 1.807) is 6.07 Å². The summed E-state index contributed by atoms with van der Waals surface area (Å²) in [6, 6.07) is 13.6. The number of aryl methyl sites for hydroxylation is 3. The van der Waals surface area contributed by atoms with Crippen LogP contribution in [0.4, 0.5) is 4.39 Å². The summed E-state index contributed by atoms with van der Waals surface area (Å²) in [5, 5.41) is 0. The lowest BCUT2D eigenvalue weighted by molar-refractivity contribution is 0.602. The van der Waals surface area contributed by atoms with Gasteiger partial charge in [-0.05, 0) is 61.9 Å². The standard InChI is InChI=1S/C18H22FN/c1-13-3-5-15(6-4-13)7-10-18(20)12-16-8-9-17(19)11-14(16)2/h3-6,8-9,11,18H,7,10,12,20H2,1-2H3. The molecule has 2 N–H and O–H groups in total. The Kier molecular flexibility index (Phi) is 4.91. The van der Waals surface area contributed by atoms with E-state index < -0.39 is 0 Å². The molecule has 1 unspecified atom stereocenters. The highest BCUT2D eigenvalue weighted by Crippen LogP contribution is 2.14. The van der Waals surface area contributed by atoms with Gasteiger partial charge in [-0.2, -0.15) is 0 Å². The fraction of sp³-hybridized carbons (Fsp3) is 0.333. The van der Waals surface area contributed by atoms with Gasteiger partial charge in [0.1, 0.15) is 5.82 Å². The van der Waals surface area contributed by atoms with Crippen molar-refractivity contribution in [2.45, 2.75) is 39.2 Å². The summed E-state index contributed by atoms with van der Waals surface area (Å²) in [7, 11) is 0. The molecule has 0 bridgehead atoms. The maximum Gasteiger partial charge on any atom is 0.123 e. The molecule has 0 aliphatic rings. The lowest BCUT2D eigenvalue weighted by Gasteiger charge is -2.13. The van der Waals surface area contributed by atoms with Crippen LogP contribution in [0.3, 0.4) is 0 Å². The summed E-state index contributed by atoms with van der Waals surface area (Å²) in [4.78, 5) is 0. The number of rotatable bonds is 5. The highest BCUT2D eigenvalue weighted by Gasteiger charge is 2.07. The molecule has 1 atom stereocenters. The molecule has 0 saturated heterocycles. The van der Waals surface area contributed by atoms with Gasteiger partial charge in [-0.3, -0.25) is 0 Å². The fourth-order valence-electron chi connectivity index (χ4n) is 2.38. The van der Waals surface area contributed by atoms with E-state index in [4.69, 9.17) is 5.73 Å². The summed E-state index contributed by atoms with van der Waals surface area (Å²) in [6.45, 7) is 4.03. The predicted octanol–water partition coefficient (Wildman–Crippen LogP) is 3.95. The molecular weight excluding hydrogens is 249 g/mol. The van der Waals surface area contributed by atoms with Gasteiger partial charge in [0, 0.05) is 6.04 Å². The van der Waals surface area contributed by atoms with E-state index in [-0.39, 0.29) is 11.9 Å². The number of halogens is 1. The molecule has 0 aromatic heterocycles. The molecule has 0 aliphatic heterocycles. The van der Waals surface area contributed by atoms with E-state index in [1.807, 2.05) is 13.0 Å². The van der Waals surface area contributed by atoms with Gasteiger partial charge in [0.2, 0.25) is 0 Å². The third-order valence-electron chi connectivity index (χ3n) is 3.71. The lowest BCUT2D eigenvalue weighted by atomic mass is 9.97. The van der Waals surface area contributed by atoms with Crippen LogP contribution in [-0.4, -0.2) is 6.04 Å².